The van der Waals surface area contributed by atoms with E-state index in [4.69, 9.17) is 16.3 Å². The van der Waals surface area contributed by atoms with Gasteiger partial charge in [0.2, 0.25) is 0 Å². The molecular formula is C16H22ClN3O2. The van der Waals surface area contributed by atoms with Crippen LogP contribution in [0.4, 0.5) is 4.79 Å². The molecule has 0 bridgehead atoms. The fraction of sp³-hybridized carbons (Fsp3) is 0.562. The molecule has 1 aromatic carbocycles. The van der Waals surface area contributed by atoms with Crippen molar-refractivity contribution < 1.29 is 9.53 Å². The maximum atomic E-state index is 12.4. The number of carbonyl (C=O) groups excluding carboxylic acids is 1. The molecule has 2 aliphatic heterocycles. The van der Waals surface area contributed by atoms with E-state index in [0.29, 0.717) is 26.3 Å². The first kappa shape index (κ1) is 15.6. The van der Waals surface area contributed by atoms with Crippen molar-refractivity contribution >= 4 is 17.6 Å². The SMILES string of the molecule is O=C(N1CCOCC1)N1CCN(Cc2ccccc2Cl)CC1. The first-order chi connectivity index (χ1) is 10.7. The third-order valence-corrected chi connectivity index (χ3v) is 4.64. The molecule has 0 N–H and O–H groups in total. The maximum absolute atomic E-state index is 12.4. The van der Waals surface area contributed by atoms with Crippen LogP contribution in [0.3, 0.4) is 0 Å². The fourth-order valence-corrected chi connectivity index (χ4v) is 3.11. The van der Waals surface area contributed by atoms with Gasteiger partial charge in [-0.3, -0.25) is 4.90 Å². The number of hydrogen-bond acceptors (Lipinski definition) is 3. The van der Waals surface area contributed by atoms with E-state index >= 15 is 0 Å². The lowest BCUT2D eigenvalue weighted by atomic mass is 10.2. The summed E-state index contributed by atoms with van der Waals surface area (Å²) < 4.78 is 5.30. The smallest absolute Gasteiger partial charge is 0.320 e. The summed E-state index contributed by atoms with van der Waals surface area (Å²) in [5, 5.41) is 0.814. The zero-order valence-electron chi connectivity index (χ0n) is 12.7. The second-order valence-corrected chi connectivity index (χ2v) is 6.14. The summed E-state index contributed by atoms with van der Waals surface area (Å²) in [6.45, 7) is 6.90. The number of piperazine rings is 1. The number of rotatable bonds is 2. The van der Waals surface area contributed by atoms with E-state index in [-0.39, 0.29) is 6.03 Å². The van der Waals surface area contributed by atoms with Crippen LogP contribution in [0.5, 0.6) is 0 Å². The third-order valence-electron chi connectivity index (χ3n) is 4.28. The van der Waals surface area contributed by atoms with Gasteiger partial charge in [-0.2, -0.15) is 0 Å². The van der Waals surface area contributed by atoms with E-state index in [1.807, 2.05) is 28.0 Å². The van der Waals surface area contributed by atoms with E-state index in [2.05, 4.69) is 11.0 Å². The Kier molecular flexibility index (Phi) is 5.18. The Hall–Kier alpha value is -1.30. The standard InChI is InChI=1S/C16H22ClN3O2/c17-15-4-2-1-3-14(15)13-18-5-7-19(8-6-18)16(21)20-9-11-22-12-10-20/h1-4H,5-13H2. The van der Waals surface area contributed by atoms with Gasteiger partial charge in [0.15, 0.2) is 0 Å². The summed E-state index contributed by atoms with van der Waals surface area (Å²) in [6.07, 6.45) is 0. The van der Waals surface area contributed by atoms with Crippen LogP contribution in [0.15, 0.2) is 24.3 Å². The largest absolute Gasteiger partial charge is 0.378 e. The highest BCUT2D eigenvalue weighted by molar-refractivity contribution is 6.31. The van der Waals surface area contributed by atoms with Crippen LogP contribution in [0.1, 0.15) is 5.56 Å². The van der Waals surface area contributed by atoms with Crippen LogP contribution in [-0.4, -0.2) is 73.2 Å². The topological polar surface area (TPSA) is 36.0 Å². The Morgan fingerprint density at radius 2 is 1.64 bits per heavy atom. The van der Waals surface area contributed by atoms with Gasteiger partial charge in [-0.25, -0.2) is 4.79 Å². The predicted octanol–water partition coefficient (Wildman–Crippen LogP) is 1.91. The van der Waals surface area contributed by atoms with Crippen molar-refractivity contribution in [3.05, 3.63) is 34.9 Å². The lowest BCUT2D eigenvalue weighted by molar-refractivity contribution is 0.0373. The first-order valence-corrected chi connectivity index (χ1v) is 8.19. The van der Waals surface area contributed by atoms with Gasteiger partial charge in [-0.15, -0.1) is 0 Å². The summed E-state index contributed by atoms with van der Waals surface area (Å²) in [5.74, 6) is 0. The molecule has 1 aromatic rings. The number of ether oxygens (including phenoxy) is 1. The molecule has 0 aromatic heterocycles. The molecule has 2 fully saturated rings. The molecule has 2 saturated heterocycles. The molecule has 2 aliphatic rings. The summed E-state index contributed by atoms with van der Waals surface area (Å²) in [6, 6.07) is 8.10. The summed E-state index contributed by atoms with van der Waals surface area (Å²) in [7, 11) is 0. The van der Waals surface area contributed by atoms with Crippen molar-refractivity contribution in [3.63, 3.8) is 0 Å². The summed E-state index contributed by atoms with van der Waals surface area (Å²) >= 11 is 6.21. The minimum Gasteiger partial charge on any atom is -0.378 e. The third kappa shape index (κ3) is 3.72. The molecular weight excluding hydrogens is 302 g/mol. The molecule has 6 heteroatoms. The molecule has 3 rings (SSSR count). The van der Waals surface area contributed by atoms with Crippen molar-refractivity contribution in [1.82, 2.24) is 14.7 Å². The van der Waals surface area contributed by atoms with Gasteiger partial charge in [-0.05, 0) is 11.6 Å². The number of amides is 2. The minimum absolute atomic E-state index is 0.153. The highest BCUT2D eigenvalue weighted by Gasteiger charge is 2.26. The molecule has 0 aliphatic carbocycles. The van der Waals surface area contributed by atoms with Gasteiger partial charge in [0.1, 0.15) is 0 Å². The number of carbonyl (C=O) groups is 1. The highest BCUT2D eigenvalue weighted by Crippen LogP contribution is 2.18. The second-order valence-electron chi connectivity index (χ2n) is 5.74. The van der Waals surface area contributed by atoms with Gasteiger partial charge in [0.25, 0.3) is 0 Å². The monoisotopic (exact) mass is 323 g/mol. The summed E-state index contributed by atoms with van der Waals surface area (Å²) in [4.78, 5) is 18.6. The molecule has 2 amide bonds. The van der Waals surface area contributed by atoms with Gasteiger partial charge in [0, 0.05) is 50.8 Å². The molecule has 2 heterocycles. The van der Waals surface area contributed by atoms with E-state index in [1.54, 1.807) is 0 Å². The van der Waals surface area contributed by atoms with Crippen molar-refractivity contribution in [2.24, 2.45) is 0 Å². The van der Waals surface area contributed by atoms with Gasteiger partial charge in [-0.1, -0.05) is 29.8 Å². The Balaban J connectivity index is 1.50. The normalized spacial score (nSPS) is 20.2. The number of urea groups is 1. The Morgan fingerprint density at radius 1 is 1.00 bits per heavy atom. The Labute approximate surface area is 136 Å². The average molecular weight is 324 g/mol. The van der Waals surface area contributed by atoms with Crippen molar-refractivity contribution in [2.45, 2.75) is 6.54 Å². The average Bonchev–Trinajstić information content (AvgIpc) is 2.58. The molecule has 0 atom stereocenters. The zero-order valence-corrected chi connectivity index (χ0v) is 13.5. The predicted molar refractivity (Wildman–Crippen MR) is 86.1 cm³/mol. The van der Waals surface area contributed by atoms with E-state index in [1.165, 1.54) is 0 Å². The quantitative estimate of drug-likeness (QED) is 0.834. The molecule has 0 spiro atoms. The number of nitrogens with zero attached hydrogens (tertiary/aromatic N) is 3. The fourth-order valence-electron chi connectivity index (χ4n) is 2.92. The number of hydrogen-bond donors (Lipinski definition) is 0. The Bertz CT molecular complexity index is 512. The van der Waals surface area contributed by atoms with Gasteiger partial charge in [0.05, 0.1) is 13.2 Å². The van der Waals surface area contributed by atoms with E-state index < -0.39 is 0 Å². The molecule has 22 heavy (non-hydrogen) atoms. The van der Waals surface area contributed by atoms with Crippen LogP contribution in [-0.2, 0) is 11.3 Å². The molecule has 0 unspecified atom stereocenters. The van der Waals surface area contributed by atoms with Crippen molar-refractivity contribution in [2.75, 3.05) is 52.5 Å². The van der Waals surface area contributed by atoms with Crippen molar-refractivity contribution in [3.8, 4) is 0 Å². The zero-order chi connectivity index (χ0) is 15.4. The minimum atomic E-state index is 0.153. The first-order valence-electron chi connectivity index (χ1n) is 7.81. The molecule has 5 nitrogen and oxygen atoms in total. The van der Waals surface area contributed by atoms with Gasteiger partial charge >= 0.3 is 6.03 Å². The highest BCUT2D eigenvalue weighted by atomic mass is 35.5. The Morgan fingerprint density at radius 3 is 2.32 bits per heavy atom. The second kappa shape index (κ2) is 7.31. The number of benzene rings is 1. The van der Waals surface area contributed by atoms with Crippen LogP contribution in [0, 0.1) is 0 Å². The van der Waals surface area contributed by atoms with Crippen LogP contribution < -0.4 is 0 Å². The lowest BCUT2D eigenvalue weighted by Crippen LogP contribution is -2.54. The lowest BCUT2D eigenvalue weighted by Gasteiger charge is -2.38. The van der Waals surface area contributed by atoms with Crippen LogP contribution >= 0.6 is 11.6 Å². The van der Waals surface area contributed by atoms with Crippen LogP contribution in [0.25, 0.3) is 0 Å². The molecule has 0 saturated carbocycles. The molecule has 120 valence electrons. The molecule has 0 radical (unpaired) electrons. The maximum Gasteiger partial charge on any atom is 0.320 e. The van der Waals surface area contributed by atoms with Gasteiger partial charge < -0.3 is 14.5 Å². The van der Waals surface area contributed by atoms with E-state index in [0.717, 1.165) is 43.3 Å². The number of morpholine rings is 1. The summed E-state index contributed by atoms with van der Waals surface area (Å²) in [5.41, 5.74) is 1.15. The number of halogens is 1. The van der Waals surface area contributed by atoms with E-state index in [9.17, 15) is 4.79 Å². The van der Waals surface area contributed by atoms with Crippen molar-refractivity contribution in [1.29, 1.82) is 0 Å². The van der Waals surface area contributed by atoms with Crippen LogP contribution in [0.2, 0.25) is 5.02 Å².